The number of rotatable bonds is 6. The van der Waals surface area contributed by atoms with E-state index in [0.717, 1.165) is 19.5 Å². The standard InChI is InChI=1S/C15H20N4O/c1-2-6-14(19-9-3-4-10-19)13(5-1)11-16-8-7-15-17-12-18-20-15/h1-2,5-6,12,16H,3-4,7-11H2. The molecular formula is C15H20N4O. The van der Waals surface area contributed by atoms with Crippen molar-refractivity contribution < 1.29 is 4.52 Å². The third-order valence-electron chi connectivity index (χ3n) is 3.68. The second-order valence-electron chi connectivity index (χ2n) is 5.08. The maximum atomic E-state index is 4.98. The molecule has 2 heterocycles. The van der Waals surface area contributed by atoms with E-state index in [1.807, 2.05) is 0 Å². The number of hydrogen-bond acceptors (Lipinski definition) is 5. The molecule has 1 saturated heterocycles. The maximum Gasteiger partial charge on any atom is 0.227 e. The average Bonchev–Trinajstić information content (AvgIpc) is 3.17. The molecule has 1 aromatic heterocycles. The molecule has 106 valence electrons. The quantitative estimate of drug-likeness (QED) is 0.815. The largest absolute Gasteiger partial charge is 0.371 e. The van der Waals surface area contributed by atoms with Crippen LogP contribution in [0.2, 0.25) is 0 Å². The number of benzene rings is 1. The van der Waals surface area contributed by atoms with E-state index in [2.05, 4.69) is 44.6 Å². The Morgan fingerprint density at radius 2 is 2.05 bits per heavy atom. The van der Waals surface area contributed by atoms with Crippen molar-refractivity contribution >= 4 is 5.69 Å². The molecule has 0 saturated carbocycles. The van der Waals surface area contributed by atoms with E-state index in [0.29, 0.717) is 5.89 Å². The predicted molar refractivity (Wildman–Crippen MR) is 77.6 cm³/mol. The SMILES string of the molecule is c1ccc(N2CCCC2)c(CNCCc2ncno2)c1. The lowest BCUT2D eigenvalue weighted by atomic mass is 10.1. The highest BCUT2D eigenvalue weighted by atomic mass is 16.5. The van der Waals surface area contributed by atoms with Gasteiger partial charge in [-0.1, -0.05) is 23.4 Å². The molecule has 0 bridgehead atoms. The lowest BCUT2D eigenvalue weighted by molar-refractivity contribution is 0.375. The normalized spacial score (nSPS) is 14.9. The topological polar surface area (TPSA) is 54.2 Å². The van der Waals surface area contributed by atoms with Crippen LogP contribution in [0.4, 0.5) is 5.69 Å². The van der Waals surface area contributed by atoms with Crippen molar-refractivity contribution in [3.05, 3.63) is 42.0 Å². The Hall–Kier alpha value is -1.88. The van der Waals surface area contributed by atoms with E-state index in [1.165, 1.54) is 43.5 Å². The van der Waals surface area contributed by atoms with E-state index in [-0.39, 0.29) is 0 Å². The summed E-state index contributed by atoms with van der Waals surface area (Å²) in [6, 6.07) is 8.65. The summed E-state index contributed by atoms with van der Waals surface area (Å²) in [7, 11) is 0. The second kappa shape index (κ2) is 6.52. The van der Waals surface area contributed by atoms with Gasteiger partial charge in [0.05, 0.1) is 0 Å². The lowest BCUT2D eigenvalue weighted by Gasteiger charge is -2.21. The molecule has 0 spiro atoms. The number of anilines is 1. The monoisotopic (exact) mass is 272 g/mol. The van der Waals surface area contributed by atoms with Gasteiger partial charge in [-0.15, -0.1) is 0 Å². The predicted octanol–water partition coefficient (Wildman–Crippen LogP) is 2.00. The van der Waals surface area contributed by atoms with Crippen LogP contribution in [0.1, 0.15) is 24.3 Å². The van der Waals surface area contributed by atoms with Crippen LogP contribution in [0.3, 0.4) is 0 Å². The summed E-state index contributed by atoms with van der Waals surface area (Å²) < 4.78 is 4.98. The van der Waals surface area contributed by atoms with E-state index in [4.69, 9.17) is 4.52 Å². The summed E-state index contributed by atoms with van der Waals surface area (Å²) in [5.74, 6) is 0.685. The number of hydrogen-bond donors (Lipinski definition) is 1. The van der Waals surface area contributed by atoms with Crippen LogP contribution in [0.5, 0.6) is 0 Å². The molecular weight excluding hydrogens is 252 g/mol. The van der Waals surface area contributed by atoms with Gasteiger partial charge in [-0.3, -0.25) is 0 Å². The van der Waals surface area contributed by atoms with Gasteiger partial charge >= 0.3 is 0 Å². The number of para-hydroxylation sites is 1. The van der Waals surface area contributed by atoms with Gasteiger partial charge in [0.1, 0.15) is 0 Å². The Labute approximate surface area is 119 Å². The molecule has 5 nitrogen and oxygen atoms in total. The van der Waals surface area contributed by atoms with Gasteiger partial charge in [-0.25, -0.2) is 0 Å². The Morgan fingerprint density at radius 3 is 2.85 bits per heavy atom. The van der Waals surface area contributed by atoms with Gasteiger partial charge in [0, 0.05) is 38.3 Å². The molecule has 0 radical (unpaired) electrons. The van der Waals surface area contributed by atoms with Crippen molar-refractivity contribution in [2.75, 3.05) is 24.5 Å². The fourth-order valence-electron chi connectivity index (χ4n) is 2.65. The fourth-order valence-corrected chi connectivity index (χ4v) is 2.65. The minimum absolute atomic E-state index is 0.685. The molecule has 1 fully saturated rings. The third-order valence-corrected chi connectivity index (χ3v) is 3.68. The minimum Gasteiger partial charge on any atom is -0.371 e. The van der Waals surface area contributed by atoms with Crippen molar-refractivity contribution in [2.24, 2.45) is 0 Å². The van der Waals surface area contributed by atoms with Crippen LogP contribution in [-0.2, 0) is 13.0 Å². The zero-order chi connectivity index (χ0) is 13.6. The van der Waals surface area contributed by atoms with Gasteiger partial charge in [0.25, 0.3) is 0 Å². The van der Waals surface area contributed by atoms with Crippen molar-refractivity contribution in [1.29, 1.82) is 0 Å². The van der Waals surface area contributed by atoms with Gasteiger partial charge in [-0.2, -0.15) is 4.98 Å². The van der Waals surface area contributed by atoms with Crippen molar-refractivity contribution in [3.63, 3.8) is 0 Å². The first-order valence-electron chi connectivity index (χ1n) is 7.22. The van der Waals surface area contributed by atoms with Gasteiger partial charge in [0.2, 0.25) is 5.89 Å². The maximum absolute atomic E-state index is 4.98. The third kappa shape index (κ3) is 3.17. The van der Waals surface area contributed by atoms with Crippen LogP contribution in [-0.4, -0.2) is 29.8 Å². The highest BCUT2D eigenvalue weighted by Gasteiger charge is 2.14. The molecule has 0 amide bonds. The van der Waals surface area contributed by atoms with Crippen LogP contribution in [0.25, 0.3) is 0 Å². The van der Waals surface area contributed by atoms with Gasteiger partial charge in [0.15, 0.2) is 6.33 Å². The summed E-state index contributed by atoms with van der Waals surface area (Å²) in [5, 5.41) is 7.05. The minimum atomic E-state index is 0.685. The summed E-state index contributed by atoms with van der Waals surface area (Å²) in [5.41, 5.74) is 2.73. The van der Waals surface area contributed by atoms with E-state index in [9.17, 15) is 0 Å². The summed E-state index contributed by atoms with van der Waals surface area (Å²) in [6.45, 7) is 4.08. The molecule has 2 aromatic rings. The molecule has 20 heavy (non-hydrogen) atoms. The van der Waals surface area contributed by atoms with Crippen LogP contribution in [0.15, 0.2) is 35.1 Å². The van der Waals surface area contributed by atoms with Crippen LogP contribution in [0, 0.1) is 0 Å². The molecule has 0 unspecified atom stereocenters. The Kier molecular flexibility index (Phi) is 4.28. The average molecular weight is 272 g/mol. The fraction of sp³-hybridized carbons (Fsp3) is 0.467. The lowest BCUT2D eigenvalue weighted by Crippen LogP contribution is -2.22. The number of nitrogens with zero attached hydrogens (tertiary/aromatic N) is 3. The zero-order valence-corrected chi connectivity index (χ0v) is 11.6. The summed E-state index contributed by atoms with van der Waals surface area (Å²) in [4.78, 5) is 6.50. The molecule has 5 heteroatoms. The second-order valence-corrected chi connectivity index (χ2v) is 5.08. The zero-order valence-electron chi connectivity index (χ0n) is 11.6. The van der Waals surface area contributed by atoms with Gasteiger partial charge in [-0.05, 0) is 24.5 Å². The summed E-state index contributed by atoms with van der Waals surface area (Å²) in [6.07, 6.45) is 4.82. The van der Waals surface area contributed by atoms with Crippen LogP contribution < -0.4 is 10.2 Å². The van der Waals surface area contributed by atoms with Crippen molar-refractivity contribution in [2.45, 2.75) is 25.8 Å². The smallest absolute Gasteiger partial charge is 0.227 e. The molecule has 1 aromatic carbocycles. The van der Waals surface area contributed by atoms with E-state index < -0.39 is 0 Å². The Bertz CT molecular complexity index is 520. The molecule has 1 aliphatic heterocycles. The Morgan fingerprint density at radius 1 is 1.20 bits per heavy atom. The number of nitrogens with one attached hydrogen (secondary N) is 1. The van der Waals surface area contributed by atoms with E-state index in [1.54, 1.807) is 0 Å². The molecule has 1 N–H and O–H groups in total. The highest BCUT2D eigenvalue weighted by molar-refractivity contribution is 5.54. The van der Waals surface area contributed by atoms with Crippen molar-refractivity contribution in [1.82, 2.24) is 15.5 Å². The Balaban J connectivity index is 1.54. The summed E-state index contributed by atoms with van der Waals surface area (Å²) >= 11 is 0. The molecule has 1 aliphatic rings. The number of aromatic nitrogens is 2. The van der Waals surface area contributed by atoms with Crippen molar-refractivity contribution in [3.8, 4) is 0 Å². The first kappa shape index (κ1) is 13.1. The first-order chi connectivity index (χ1) is 9.93. The molecule has 0 aliphatic carbocycles. The van der Waals surface area contributed by atoms with E-state index >= 15 is 0 Å². The first-order valence-corrected chi connectivity index (χ1v) is 7.22. The highest BCUT2D eigenvalue weighted by Crippen LogP contribution is 2.24. The molecule has 0 atom stereocenters. The molecule has 3 rings (SSSR count). The van der Waals surface area contributed by atoms with Gasteiger partial charge < -0.3 is 14.7 Å². The van der Waals surface area contributed by atoms with Crippen LogP contribution >= 0.6 is 0 Å².